The first-order valence-corrected chi connectivity index (χ1v) is 4.31. The Morgan fingerprint density at radius 1 is 1.44 bits per heavy atom. The van der Waals surface area contributed by atoms with Gasteiger partial charge < -0.3 is 10.1 Å². The molecule has 0 bridgehead atoms. The molecule has 0 fully saturated rings. The van der Waals surface area contributed by atoms with Gasteiger partial charge in [0, 0.05) is 12.3 Å². The molecule has 0 spiro atoms. The van der Waals surface area contributed by atoms with E-state index in [1.165, 1.54) is 31.5 Å². The summed E-state index contributed by atoms with van der Waals surface area (Å²) in [5.74, 6) is -0.126. The summed E-state index contributed by atoms with van der Waals surface area (Å²) in [4.78, 5) is 0. The number of nitrogens with one attached hydrogen (secondary N) is 1. The van der Waals surface area contributed by atoms with Gasteiger partial charge in [0.05, 0.1) is 12.8 Å². The molecule has 4 nitrogen and oxygen atoms in total. The lowest BCUT2D eigenvalue weighted by atomic mass is 10.2. The maximum absolute atomic E-state index is 12.8. The van der Waals surface area contributed by atoms with Gasteiger partial charge in [0.15, 0.2) is 0 Å². The zero-order valence-corrected chi connectivity index (χ0v) is 8.49. The van der Waals surface area contributed by atoms with E-state index < -0.39 is 5.82 Å². The molecule has 1 N–H and O–H groups in total. The van der Waals surface area contributed by atoms with Crippen LogP contribution in [0.5, 0.6) is 5.75 Å². The molecule has 0 heterocycles. The first-order valence-electron chi connectivity index (χ1n) is 4.31. The lowest BCUT2D eigenvalue weighted by Gasteiger charge is -2.07. The molecule has 80 valence electrons. The van der Waals surface area contributed by atoms with Crippen LogP contribution in [-0.2, 0) is 0 Å². The molecule has 1 aromatic carbocycles. The maximum Gasteiger partial charge on any atom is 0.145 e. The molecule has 0 aliphatic carbocycles. The predicted molar refractivity (Wildman–Crippen MR) is 55.9 cm³/mol. The Hall–Kier alpha value is -2.53. The molecule has 5 heteroatoms. The molecule has 1 aromatic rings. The van der Waals surface area contributed by atoms with E-state index in [4.69, 9.17) is 15.3 Å². The van der Waals surface area contributed by atoms with Crippen molar-refractivity contribution in [3.05, 3.63) is 35.8 Å². The summed E-state index contributed by atoms with van der Waals surface area (Å²) < 4.78 is 17.8. The van der Waals surface area contributed by atoms with E-state index in [1.807, 2.05) is 0 Å². The van der Waals surface area contributed by atoms with Crippen LogP contribution < -0.4 is 10.1 Å². The number of hydrogen-bond donors (Lipinski definition) is 1. The molecule has 0 saturated heterocycles. The summed E-state index contributed by atoms with van der Waals surface area (Å²) in [6.07, 6.45) is 1.23. The third kappa shape index (κ3) is 2.73. The van der Waals surface area contributed by atoms with Crippen molar-refractivity contribution in [2.75, 3.05) is 12.4 Å². The largest absolute Gasteiger partial charge is 0.494 e. The number of anilines is 1. The van der Waals surface area contributed by atoms with Crippen LogP contribution in [-0.4, -0.2) is 7.11 Å². The summed E-state index contributed by atoms with van der Waals surface area (Å²) in [7, 11) is 1.40. The van der Waals surface area contributed by atoms with Crippen molar-refractivity contribution in [3.63, 3.8) is 0 Å². The average molecular weight is 217 g/mol. The van der Waals surface area contributed by atoms with Crippen molar-refractivity contribution in [1.29, 1.82) is 10.5 Å². The number of halogens is 1. The predicted octanol–water partition coefficient (Wildman–Crippen LogP) is 2.18. The Bertz CT molecular complexity index is 481. The number of methoxy groups -OCH3 is 1. The molecular weight excluding hydrogens is 209 g/mol. The summed E-state index contributed by atoms with van der Waals surface area (Å²) in [6.45, 7) is 0. The minimum Gasteiger partial charge on any atom is -0.494 e. The van der Waals surface area contributed by atoms with Gasteiger partial charge in [0.2, 0.25) is 0 Å². The smallest absolute Gasteiger partial charge is 0.145 e. The van der Waals surface area contributed by atoms with Crippen LogP contribution >= 0.6 is 0 Å². The van der Waals surface area contributed by atoms with Gasteiger partial charge in [0.25, 0.3) is 0 Å². The maximum atomic E-state index is 12.8. The average Bonchev–Trinajstić information content (AvgIpc) is 2.31. The third-order valence-electron chi connectivity index (χ3n) is 1.78. The third-order valence-corrected chi connectivity index (χ3v) is 1.78. The van der Waals surface area contributed by atoms with Crippen molar-refractivity contribution in [2.45, 2.75) is 0 Å². The first-order chi connectivity index (χ1) is 7.71. The van der Waals surface area contributed by atoms with Crippen LogP contribution in [0.15, 0.2) is 30.0 Å². The standard InChI is InChI=1S/C11H8FN3O/c1-16-11-4-9(12)2-3-10(11)15-7-8(5-13)6-14/h2-4,7,15H,1H3. The van der Waals surface area contributed by atoms with Gasteiger partial charge >= 0.3 is 0 Å². The molecule has 0 unspecified atom stereocenters. The number of nitriles is 2. The topological polar surface area (TPSA) is 68.8 Å². The highest BCUT2D eigenvalue weighted by Gasteiger charge is 2.03. The molecular formula is C11H8FN3O. The van der Waals surface area contributed by atoms with E-state index in [0.717, 1.165) is 0 Å². The van der Waals surface area contributed by atoms with Crippen molar-refractivity contribution >= 4 is 5.69 Å². The van der Waals surface area contributed by atoms with E-state index in [9.17, 15) is 4.39 Å². The number of nitrogens with zero attached hydrogens (tertiary/aromatic N) is 2. The van der Waals surface area contributed by atoms with E-state index in [0.29, 0.717) is 11.4 Å². The molecule has 16 heavy (non-hydrogen) atoms. The van der Waals surface area contributed by atoms with Crippen LogP contribution in [0.25, 0.3) is 0 Å². The second kappa shape index (κ2) is 5.38. The number of rotatable bonds is 3. The van der Waals surface area contributed by atoms with Gasteiger partial charge in [-0.05, 0) is 12.1 Å². The van der Waals surface area contributed by atoms with Gasteiger partial charge in [0.1, 0.15) is 29.3 Å². The first kappa shape index (κ1) is 11.5. The molecule has 0 atom stereocenters. The van der Waals surface area contributed by atoms with Crippen molar-refractivity contribution in [1.82, 2.24) is 0 Å². The zero-order chi connectivity index (χ0) is 12.0. The van der Waals surface area contributed by atoms with Crippen LogP contribution in [0, 0.1) is 28.5 Å². The van der Waals surface area contributed by atoms with Gasteiger partial charge in [-0.2, -0.15) is 10.5 Å². The van der Waals surface area contributed by atoms with E-state index in [1.54, 1.807) is 12.1 Å². The lowest BCUT2D eigenvalue weighted by molar-refractivity contribution is 0.413. The summed E-state index contributed by atoms with van der Waals surface area (Å²) in [6, 6.07) is 7.29. The molecule has 0 saturated carbocycles. The normalized spacial score (nSPS) is 8.50. The summed E-state index contributed by atoms with van der Waals surface area (Å²) in [5.41, 5.74) is 0.401. The van der Waals surface area contributed by atoms with E-state index >= 15 is 0 Å². The number of hydrogen-bond acceptors (Lipinski definition) is 4. The van der Waals surface area contributed by atoms with Crippen LogP contribution in [0.3, 0.4) is 0 Å². The van der Waals surface area contributed by atoms with Crippen molar-refractivity contribution in [3.8, 4) is 17.9 Å². The molecule has 1 rings (SSSR count). The van der Waals surface area contributed by atoms with E-state index in [2.05, 4.69) is 5.32 Å². The fraction of sp³-hybridized carbons (Fsp3) is 0.0909. The highest BCUT2D eigenvalue weighted by Crippen LogP contribution is 2.24. The Labute approximate surface area is 92.2 Å². The van der Waals surface area contributed by atoms with Crippen molar-refractivity contribution < 1.29 is 9.13 Å². The monoisotopic (exact) mass is 217 g/mol. The number of benzene rings is 1. The van der Waals surface area contributed by atoms with Gasteiger partial charge in [-0.15, -0.1) is 0 Å². The number of ether oxygens (including phenoxy) is 1. The second-order valence-electron chi connectivity index (χ2n) is 2.77. The lowest BCUT2D eigenvalue weighted by Crippen LogP contribution is -1.95. The molecule has 0 aliphatic heterocycles. The highest BCUT2D eigenvalue weighted by atomic mass is 19.1. The zero-order valence-electron chi connectivity index (χ0n) is 8.49. The number of allylic oxidation sites excluding steroid dienone is 1. The second-order valence-corrected chi connectivity index (χ2v) is 2.77. The van der Waals surface area contributed by atoms with Crippen LogP contribution in [0.1, 0.15) is 0 Å². The van der Waals surface area contributed by atoms with Gasteiger partial charge in [-0.1, -0.05) is 0 Å². The Kier molecular flexibility index (Phi) is 3.88. The van der Waals surface area contributed by atoms with Crippen molar-refractivity contribution in [2.24, 2.45) is 0 Å². The summed E-state index contributed by atoms with van der Waals surface area (Å²) >= 11 is 0. The van der Waals surface area contributed by atoms with E-state index in [-0.39, 0.29) is 5.57 Å². The molecule has 0 aliphatic rings. The fourth-order valence-corrected chi connectivity index (χ4v) is 1.02. The van der Waals surface area contributed by atoms with Gasteiger partial charge in [-0.3, -0.25) is 0 Å². The SMILES string of the molecule is COc1cc(F)ccc1NC=C(C#N)C#N. The summed E-state index contributed by atoms with van der Waals surface area (Å²) in [5, 5.41) is 19.7. The Morgan fingerprint density at radius 3 is 2.69 bits per heavy atom. The minimum atomic E-state index is -0.424. The highest BCUT2D eigenvalue weighted by molar-refractivity contribution is 5.59. The van der Waals surface area contributed by atoms with Gasteiger partial charge in [-0.25, -0.2) is 4.39 Å². The quantitative estimate of drug-likeness (QED) is 0.788. The minimum absolute atomic E-state index is 0.0774. The molecule has 0 radical (unpaired) electrons. The van der Waals surface area contributed by atoms with Crippen LogP contribution in [0.4, 0.5) is 10.1 Å². The Morgan fingerprint density at radius 2 is 2.12 bits per heavy atom. The fourth-order valence-electron chi connectivity index (χ4n) is 1.02. The van der Waals surface area contributed by atoms with Crippen LogP contribution in [0.2, 0.25) is 0 Å². The molecule has 0 aromatic heterocycles. The molecule has 0 amide bonds. The Balaban J connectivity index is 2.95.